The number of rotatable bonds is 5. The highest BCUT2D eigenvalue weighted by molar-refractivity contribution is 7.99. The van der Waals surface area contributed by atoms with Crippen molar-refractivity contribution in [2.45, 2.75) is 30.7 Å². The van der Waals surface area contributed by atoms with E-state index in [1.165, 1.54) is 25.7 Å². The van der Waals surface area contributed by atoms with E-state index in [2.05, 4.69) is 20.5 Å². The summed E-state index contributed by atoms with van der Waals surface area (Å²) in [7, 11) is 0. The summed E-state index contributed by atoms with van der Waals surface area (Å²) < 4.78 is 0. The van der Waals surface area contributed by atoms with Crippen molar-refractivity contribution in [3.05, 3.63) is 48.2 Å². The molecule has 1 fully saturated rings. The Labute approximate surface area is 187 Å². The van der Waals surface area contributed by atoms with Crippen LogP contribution in [0.2, 0.25) is 0 Å². The molecule has 1 saturated heterocycles. The largest absolute Gasteiger partial charge is 0.351 e. The van der Waals surface area contributed by atoms with E-state index in [9.17, 15) is 9.59 Å². The van der Waals surface area contributed by atoms with Crippen molar-refractivity contribution in [2.24, 2.45) is 0 Å². The van der Waals surface area contributed by atoms with E-state index in [-0.39, 0.29) is 11.9 Å². The topological polar surface area (TPSA) is 77.6 Å². The molecule has 0 aliphatic carbocycles. The quantitative estimate of drug-likeness (QED) is 0.740. The Morgan fingerprint density at radius 3 is 2.55 bits per heavy atom. The Morgan fingerprint density at radius 2 is 1.77 bits per heavy atom. The van der Waals surface area contributed by atoms with Crippen LogP contribution >= 0.6 is 11.8 Å². The van der Waals surface area contributed by atoms with E-state index in [4.69, 9.17) is 0 Å². The summed E-state index contributed by atoms with van der Waals surface area (Å²) in [5.41, 5.74) is 2.09. The zero-order valence-corrected chi connectivity index (χ0v) is 18.5. The fraction of sp³-hybridized carbons (Fsp3) is 0.435. The number of nitrogens with one attached hydrogen (secondary N) is 2. The Morgan fingerprint density at radius 1 is 1.00 bits per heavy atom. The van der Waals surface area contributed by atoms with Crippen LogP contribution in [0, 0.1) is 0 Å². The molecule has 1 aromatic heterocycles. The Bertz CT molecular complexity index is 897. The number of amides is 3. The van der Waals surface area contributed by atoms with Crippen molar-refractivity contribution in [1.29, 1.82) is 0 Å². The number of carbonyl (C=O) groups is 2. The number of carbonyl (C=O) groups excluding carboxylic acids is 2. The minimum absolute atomic E-state index is 0.0826. The number of likely N-dealkylation sites (tertiary alicyclic amines) is 1. The molecule has 3 heterocycles. The Kier molecular flexibility index (Phi) is 7.43. The van der Waals surface area contributed by atoms with Crippen molar-refractivity contribution in [3.63, 3.8) is 0 Å². The van der Waals surface area contributed by atoms with Crippen LogP contribution in [-0.4, -0.2) is 60.3 Å². The molecule has 8 heteroatoms. The summed E-state index contributed by atoms with van der Waals surface area (Å²) in [4.78, 5) is 33.7. The van der Waals surface area contributed by atoms with Gasteiger partial charge < -0.3 is 15.5 Å². The van der Waals surface area contributed by atoms with E-state index < -0.39 is 0 Å². The van der Waals surface area contributed by atoms with Crippen molar-refractivity contribution in [1.82, 2.24) is 15.2 Å². The third kappa shape index (κ3) is 5.77. The van der Waals surface area contributed by atoms with E-state index >= 15 is 0 Å². The lowest BCUT2D eigenvalue weighted by atomic mass is 10.2. The molecule has 2 aromatic rings. The molecule has 7 nitrogen and oxygen atoms in total. The SMILES string of the molecule is O=C(NCCN1CCCCCC1)c1ccc(NC(=O)N2CCSc3ncccc32)cc1. The molecule has 1 aromatic carbocycles. The molecule has 4 rings (SSSR count). The van der Waals surface area contributed by atoms with Gasteiger partial charge in [-0.2, -0.15) is 0 Å². The first kappa shape index (κ1) is 21.6. The first-order valence-electron chi connectivity index (χ1n) is 11.0. The van der Waals surface area contributed by atoms with Gasteiger partial charge in [0.2, 0.25) is 0 Å². The van der Waals surface area contributed by atoms with Gasteiger partial charge in [-0.25, -0.2) is 9.78 Å². The number of pyridine rings is 1. The number of urea groups is 1. The maximum absolute atomic E-state index is 12.8. The van der Waals surface area contributed by atoms with E-state index in [0.29, 0.717) is 24.3 Å². The smallest absolute Gasteiger partial charge is 0.326 e. The number of thioether (sulfide) groups is 1. The van der Waals surface area contributed by atoms with Crippen molar-refractivity contribution in [3.8, 4) is 0 Å². The molecule has 2 N–H and O–H groups in total. The molecular weight excluding hydrogens is 410 g/mol. The van der Waals surface area contributed by atoms with Crippen LogP contribution in [0.25, 0.3) is 0 Å². The third-order valence-corrected chi connectivity index (χ3v) is 6.63. The van der Waals surface area contributed by atoms with Gasteiger partial charge in [0.1, 0.15) is 5.03 Å². The van der Waals surface area contributed by atoms with Crippen LogP contribution in [-0.2, 0) is 0 Å². The van der Waals surface area contributed by atoms with E-state index in [1.807, 2.05) is 12.1 Å². The minimum atomic E-state index is -0.191. The highest BCUT2D eigenvalue weighted by Gasteiger charge is 2.23. The highest BCUT2D eigenvalue weighted by atomic mass is 32.2. The first-order valence-corrected chi connectivity index (χ1v) is 12.0. The Balaban J connectivity index is 1.28. The lowest BCUT2D eigenvalue weighted by Gasteiger charge is -2.28. The maximum Gasteiger partial charge on any atom is 0.326 e. The standard InChI is InChI=1S/C23H29N5O2S/c29-21(24-12-15-27-13-3-1-2-4-14-27)18-7-9-19(10-8-18)26-23(30)28-16-17-31-22-20(28)6-5-11-25-22/h5-11H,1-4,12-17H2,(H,24,29)(H,26,30). The first-order chi connectivity index (χ1) is 15.2. The highest BCUT2D eigenvalue weighted by Crippen LogP contribution is 2.32. The van der Waals surface area contributed by atoms with Gasteiger partial charge in [-0.15, -0.1) is 11.8 Å². The van der Waals surface area contributed by atoms with E-state index in [0.717, 1.165) is 36.1 Å². The summed E-state index contributed by atoms with van der Waals surface area (Å²) in [6.07, 6.45) is 6.86. The van der Waals surface area contributed by atoms with Crippen LogP contribution in [0.15, 0.2) is 47.6 Å². The van der Waals surface area contributed by atoms with E-state index in [1.54, 1.807) is 47.1 Å². The van der Waals surface area contributed by atoms with Crippen LogP contribution in [0.3, 0.4) is 0 Å². The number of aromatic nitrogens is 1. The molecule has 0 atom stereocenters. The molecule has 0 bridgehead atoms. The number of nitrogens with zero attached hydrogens (tertiary/aromatic N) is 3. The molecule has 0 spiro atoms. The molecule has 2 aliphatic rings. The average Bonchev–Trinajstić information content (AvgIpc) is 3.08. The lowest BCUT2D eigenvalue weighted by molar-refractivity contribution is 0.0948. The van der Waals surface area contributed by atoms with Crippen molar-refractivity contribution in [2.75, 3.05) is 48.7 Å². The normalized spacial score (nSPS) is 16.8. The second kappa shape index (κ2) is 10.6. The fourth-order valence-electron chi connectivity index (χ4n) is 3.95. The van der Waals surface area contributed by atoms with Crippen LogP contribution < -0.4 is 15.5 Å². The number of fused-ring (bicyclic) bond motifs is 1. The van der Waals surface area contributed by atoms with Gasteiger partial charge in [0.05, 0.1) is 5.69 Å². The summed E-state index contributed by atoms with van der Waals surface area (Å²) in [6, 6.07) is 10.6. The van der Waals surface area contributed by atoms with Crippen molar-refractivity contribution < 1.29 is 9.59 Å². The monoisotopic (exact) mass is 439 g/mol. The van der Waals surface area contributed by atoms with Gasteiger partial charge in [-0.05, 0) is 62.3 Å². The molecule has 0 saturated carbocycles. The number of hydrogen-bond acceptors (Lipinski definition) is 5. The molecule has 0 radical (unpaired) electrons. The molecule has 0 unspecified atom stereocenters. The summed E-state index contributed by atoms with van der Waals surface area (Å²) in [5.74, 6) is 0.731. The second-order valence-corrected chi connectivity index (χ2v) is 8.93. The zero-order valence-electron chi connectivity index (χ0n) is 17.7. The van der Waals surface area contributed by atoms with Crippen LogP contribution in [0.4, 0.5) is 16.2 Å². The third-order valence-electron chi connectivity index (χ3n) is 5.65. The number of benzene rings is 1. The fourth-order valence-corrected chi connectivity index (χ4v) is 4.88. The van der Waals surface area contributed by atoms with Gasteiger partial charge in [0, 0.05) is 42.8 Å². The van der Waals surface area contributed by atoms with Gasteiger partial charge in [0.15, 0.2) is 0 Å². The van der Waals surface area contributed by atoms with Gasteiger partial charge in [-0.3, -0.25) is 9.69 Å². The molecule has 2 aliphatic heterocycles. The molecule has 3 amide bonds. The van der Waals surface area contributed by atoms with Crippen molar-refractivity contribution >= 4 is 35.1 Å². The van der Waals surface area contributed by atoms with Gasteiger partial charge >= 0.3 is 6.03 Å². The Hall–Kier alpha value is -2.58. The van der Waals surface area contributed by atoms with Gasteiger partial charge in [0.25, 0.3) is 5.91 Å². The summed E-state index contributed by atoms with van der Waals surface area (Å²) in [6.45, 7) is 4.43. The molecule has 31 heavy (non-hydrogen) atoms. The maximum atomic E-state index is 12.8. The summed E-state index contributed by atoms with van der Waals surface area (Å²) in [5, 5.41) is 6.80. The predicted octanol–water partition coefficient (Wildman–Crippen LogP) is 3.83. The minimum Gasteiger partial charge on any atom is -0.351 e. The van der Waals surface area contributed by atoms with Crippen LogP contribution in [0.1, 0.15) is 36.0 Å². The van der Waals surface area contributed by atoms with Crippen LogP contribution in [0.5, 0.6) is 0 Å². The molecule has 164 valence electrons. The zero-order chi connectivity index (χ0) is 21.5. The molecular formula is C23H29N5O2S. The predicted molar refractivity (Wildman–Crippen MR) is 125 cm³/mol. The average molecular weight is 440 g/mol. The lowest BCUT2D eigenvalue weighted by Crippen LogP contribution is -2.38. The number of anilines is 2. The van der Waals surface area contributed by atoms with Gasteiger partial charge in [-0.1, -0.05) is 12.8 Å². The second-order valence-electron chi connectivity index (χ2n) is 7.85. The number of hydrogen-bond donors (Lipinski definition) is 2. The summed E-state index contributed by atoms with van der Waals surface area (Å²) >= 11 is 1.66.